The predicted octanol–water partition coefficient (Wildman–Crippen LogP) is 2.65. The Kier molecular flexibility index (Phi) is 4.82. The first-order chi connectivity index (χ1) is 9.24. The lowest BCUT2D eigenvalue weighted by Gasteiger charge is -2.34. The van der Waals surface area contributed by atoms with Crippen LogP contribution in [0.5, 0.6) is 0 Å². The van der Waals surface area contributed by atoms with Crippen LogP contribution in [0.2, 0.25) is 0 Å². The Balaban J connectivity index is 2.21. The highest BCUT2D eigenvalue weighted by Gasteiger charge is 2.21. The minimum absolute atomic E-state index is 0.350. The molecule has 1 aliphatic carbocycles. The van der Waals surface area contributed by atoms with Crippen molar-refractivity contribution in [2.75, 3.05) is 29.0 Å². The summed E-state index contributed by atoms with van der Waals surface area (Å²) in [5.74, 6) is 2.12. The first-order valence-corrected chi connectivity index (χ1v) is 7.39. The molecule has 0 atom stereocenters. The molecule has 1 saturated carbocycles. The maximum absolute atomic E-state index is 5.82. The second kappa shape index (κ2) is 6.59. The van der Waals surface area contributed by atoms with Gasteiger partial charge in [0.15, 0.2) is 0 Å². The molecule has 0 amide bonds. The van der Waals surface area contributed by atoms with Gasteiger partial charge in [-0.25, -0.2) is 0 Å². The number of nitrogens with one attached hydrogen (secondary N) is 1. The van der Waals surface area contributed by atoms with Crippen LogP contribution in [-0.4, -0.2) is 29.1 Å². The highest BCUT2D eigenvalue weighted by atomic mass is 15.2. The van der Waals surface area contributed by atoms with E-state index in [4.69, 9.17) is 5.73 Å². The molecule has 0 aromatic carbocycles. The number of anilines is 3. The van der Waals surface area contributed by atoms with E-state index < -0.39 is 0 Å². The second-order valence-electron chi connectivity index (χ2n) is 5.08. The van der Waals surface area contributed by atoms with Crippen LogP contribution in [0.15, 0.2) is 6.07 Å². The summed E-state index contributed by atoms with van der Waals surface area (Å²) in [6.07, 6.45) is 6.52. The standard InChI is InChI=1S/C14H25N5/c1-3-16-12-10-13(18-14(15)17-12)19(4-2)11-8-6-5-7-9-11/h10-11H,3-9H2,1-2H3,(H3,15,16,17,18). The van der Waals surface area contributed by atoms with Crippen LogP contribution in [0, 0.1) is 0 Å². The van der Waals surface area contributed by atoms with Gasteiger partial charge in [0.05, 0.1) is 0 Å². The Bertz CT molecular complexity index is 401. The zero-order valence-electron chi connectivity index (χ0n) is 12.0. The molecular weight excluding hydrogens is 238 g/mol. The summed E-state index contributed by atoms with van der Waals surface area (Å²) in [5.41, 5.74) is 5.82. The largest absolute Gasteiger partial charge is 0.370 e. The van der Waals surface area contributed by atoms with E-state index in [1.54, 1.807) is 0 Å². The molecule has 5 nitrogen and oxygen atoms in total. The summed E-state index contributed by atoms with van der Waals surface area (Å²) in [4.78, 5) is 11.0. The van der Waals surface area contributed by atoms with Gasteiger partial charge in [0, 0.05) is 25.2 Å². The van der Waals surface area contributed by atoms with E-state index in [1.807, 2.05) is 6.07 Å². The summed E-state index contributed by atoms with van der Waals surface area (Å²) in [7, 11) is 0. The van der Waals surface area contributed by atoms with Crippen molar-refractivity contribution in [3.63, 3.8) is 0 Å². The van der Waals surface area contributed by atoms with Crippen LogP contribution in [-0.2, 0) is 0 Å². The monoisotopic (exact) mass is 263 g/mol. The molecule has 1 aromatic rings. The van der Waals surface area contributed by atoms with Gasteiger partial charge in [0.1, 0.15) is 11.6 Å². The predicted molar refractivity (Wildman–Crippen MR) is 80.5 cm³/mol. The maximum atomic E-state index is 5.82. The molecule has 0 radical (unpaired) electrons. The fraction of sp³-hybridized carbons (Fsp3) is 0.714. The number of aromatic nitrogens is 2. The maximum Gasteiger partial charge on any atom is 0.223 e. The van der Waals surface area contributed by atoms with Crippen molar-refractivity contribution >= 4 is 17.6 Å². The number of nitrogen functional groups attached to an aromatic ring is 1. The van der Waals surface area contributed by atoms with Gasteiger partial charge < -0.3 is 16.0 Å². The molecule has 0 bridgehead atoms. The van der Waals surface area contributed by atoms with Crippen molar-refractivity contribution in [3.05, 3.63) is 6.07 Å². The van der Waals surface area contributed by atoms with Gasteiger partial charge in [-0.2, -0.15) is 9.97 Å². The zero-order valence-corrected chi connectivity index (χ0v) is 12.0. The van der Waals surface area contributed by atoms with E-state index in [-0.39, 0.29) is 0 Å². The van der Waals surface area contributed by atoms with Crippen LogP contribution in [0.1, 0.15) is 46.0 Å². The number of hydrogen-bond donors (Lipinski definition) is 2. The molecule has 1 aliphatic rings. The van der Waals surface area contributed by atoms with E-state index in [0.717, 1.165) is 24.7 Å². The van der Waals surface area contributed by atoms with Gasteiger partial charge in [-0.05, 0) is 26.7 Å². The molecule has 19 heavy (non-hydrogen) atoms. The summed E-state index contributed by atoms with van der Waals surface area (Å²) in [6.45, 7) is 6.04. The fourth-order valence-electron chi connectivity index (χ4n) is 2.87. The average molecular weight is 263 g/mol. The van der Waals surface area contributed by atoms with E-state index in [9.17, 15) is 0 Å². The number of nitrogens with two attached hydrogens (primary N) is 1. The summed E-state index contributed by atoms with van der Waals surface area (Å²) < 4.78 is 0. The molecule has 0 saturated heterocycles. The van der Waals surface area contributed by atoms with Crippen molar-refractivity contribution in [1.82, 2.24) is 9.97 Å². The Hall–Kier alpha value is -1.52. The minimum Gasteiger partial charge on any atom is -0.370 e. The van der Waals surface area contributed by atoms with Gasteiger partial charge in [-0.1, -0.05) is 19.3 Å². The van der Waals surface area contributed by atoms with Crippen molar-refractivity contribution < 1.29 is 0 Å². The highest BCUT2D eigenvalue weighted by molar-refractivity contribution is 5.53. The van der Waals surface area contributed by atoms with Crippen molar-refractivity contribution in [2.24, 2.45) is 0 Å². The van der Waals surface area contributed by atoms with E-state index in [1.165, 1.54) is 32.1 Å². The van der Waals surface area contributed by atoms with E-state index in [0.29, 0.717) is 12.0 Å². The molecular formula is C14H25N5. The van der Waals surface area contributed by atoms with Crippen LogP contribution in [0.3, 0.4) is 0 Å². The van der Waals surface area contributed by atoms with Crippen LogP contribution >= 0.6 is 0 Å². The minimum atomic E-state index is 0.350. The normalized spacial score (nSPS) is 16.3. The number of hydrogen-bond acceptors (Lipinski definition) is 5. The van der Waals surface area contributed by atoms with E-state index in [2.05, 4.69) is 34.0 Å². The Labute approximate surface area is 115 Å². The molecule has 1 aromatic heterocycles. The third kappa shape index (κ3) is 3.49. The zero-order chi connectivity index (χ0) is 13.7. The third-order valence-electron chi connectivity index (χ3n) is 3.74. The fourth-order valence-corrected chi connectivity index (χ4v) is 2.87. The van der Waals surface area contributed by atoms with Crippen molar-refractivity contribution in [2.45, 2.75) is 52.0 Å². The summed E-state index contributed by atoms with van der Waals surface area (Å²) in [5, 5.41) is 3.21. The Morgan fingerprint density at radius 3 is 2.63 bits per heavy atom. The summed E-state index contributed by atoms with van der Waals surface area (Å²) >= 11 is 0. The molecule has 0 spiro atoms. The summed E-state index contributed by atoms with van der Waals surface area (Å²) in [6, 6.07) is 2.61. The number of nitrogens with zero attached hydrogens (tertiary/aromatic N) is 3. The van der Waals surface area contributed by atoms with Crippen LogP contribution in [0.25, 0.3) is 0 Å². The van der Waals surface area contributed by atoms with Crippen molar-refractivity contribution in [3.8, 4) is 0 Å². The Morgan fingerprint density at radius 2 is 2.00 bits per heavy atom. The molecule has 1 fully saturated rings. The van der Waals surface area contributed by atoms with Gasteiger partial charge >= 0.3 is 0 Å². The SMILES string of the molecule is CCNc1cc(N(CC)C2CCCCC2)nc(N)n1. The molecule has 1 heterocycles. The Morgan fingerprint density at radius 1 is 1.26 bits per heavy atom. The van der Waals surface area contributed by atoms with Gasteiger partial charge in [-0.3, -0.25) is 0 Å². The number of rotatable bonds is 5. The molecule has 106 valence electrons. The lowest BCUT2D eigenvalue weighted by Crippen LogP contribution is -2.37. The molecule has 5 heteroatoms. The van der Waals surface area contributed by atoms with Crippen LogP contribution in [0.4, 0.5) is 17.6 Å². The lowest BCUT2D eigenvalue weighted by molar-refractivity contribution is 0.416. The average Bonchev–Trinajstić information content (AvgIpc) is 2.40. The van der Waals surface area contributed by atoms with Gasteiger partial charge in [0.2, 0.25) is 5.95 Å². The second-order valence-corrected chi connectivity index (χ2v) is 5.08. The van der Waals surface area contributed by atoms with Crippen molar-refractivity contribution in [1.29, 1.82) is 0 Å². The topological polar surface area (TPSA) is 67.1 Å². The first-order valence-electron chi connectivity index (χ1n) is 7.39. The molecule has 0 unspecified atom stereocenters. The third-order valence-corrected chi connectivity index (χ3v) is 3.74. The van der Waals surface area contributed by atoms with Crippen LogP contribution < -0.4 is 16.0 Å². The first kappa shape index (κ1) is 13.9. The molecule has 0 aliphatic heterocycles. The highest BCUT2D eigenvalue weighted by Crippen LogP contribution is 2.27. The molecule has 3 N–H and O–H groups in total. The lowest BCUT2D eigenvalue weighted by atomic mass is 9.94. The smallest absolute Gasteiger partial charge is 0.223 e. The quantitative estimate of drug-likeness (QED) is 0.855. The van der Waals surface area contributed by atoms with Gasteiger partial charge in [0.25, 0.3) is 0 Å². The molecule has 2 rings (SSSR count). The van der Waals surface area contributed by atoms with Gasteiger partial charge in [-0.15, -0.1) is 0 Å². The van der Waals surface area contributed by atoms with E-state index >= 15 is 0 Å².